The first-order valence-electron chi connectivity index (χ1n) is 7.36. The smallest absolute Gasteiger partial charge is 0.271 e. The van der Waals surface area contributed by atoms with Gasteiger partial charge in [0, 0.05) is 23.9 Å². The highest BCUT2D eigenvalue weighted by molar-refractivity contribution is 6.33. The van der Waals surface area contributed by atoms with Gasteiger partial charge in [-0.05, 0) is 40.7 Å². The van der Waals surface area contributed by atoms with E-state index >= 15 is 0 Å². The van der Waals surface area contributed by atoms with E-state index < -0.39 is 4.92 Å². The topological polar surface area (TPSA) is 73.0 Å². The van der Waals surface area contributed by atoms with Crippen LogP contribution in [0.3, 0.4) is 0 Å². The third-order valence-corrected chi connectivity index (χ3v) is 3.94. The minimum Gasteiger partial charge on any atom is -0.377 e. The van der Waals surface area contributed by atoms with Crippen molar-refractivity contribution in [3.05, 3.63) is 50.8 Å². The van der Waals surface area contributed by atoms with E-state index in [9.17, 15) is 10.1 Å². The van der Waals surface area contributed by atoms with E-state index in [1.54, 1.807) is 6.07 Å². The van der Waals surface area contributed by atoms with Crippen LogP contribution in [0.4, 0.5) is 11.4 Å². The van der Waals surface area contributed by atoms with E-state index in [0.29, 0.717) is 10.7 Å². The Hall–Kier alpha value is -2.08. The molecule has 0 radical (unpaired) electrons. The lowest BCUT2D eigenvalue weighted by atomic mass is 10.1. The van der Waals surface area contributed by atoms with Crippen LogP contribution in [0, 0.1) is 17.0 Å². The second-order valence-corrected chi connectivity index (χ2v) is 6.98. The van der Waals surface area contributed by atoms with Crippen molar-refractivity contribution in [1.29, 1.82) is 0 Å². The maximum absolute atomic E-state index is 10.8. The van der Waals surface area contributed by atoms with E-state index in [0.717, 1.165) is 11.3 Å². The molecule has 1 heterocycles. The van der Waals surface area contributed by atoms with Gasteiger partial charge in [-0.15, -0.1) is 0 Å². The first kappa shape index (κ1) is 17.3. The Morgan fingerprint density at radius 3 is 2.52 bits per heavy atom. The van der Waals surface area contributed by atoms with Gasteiger partial charge in [0.05, 0.1) is 32.9 Å². The zero-order valence-electron chi connectivity index (χ0n) is 13.9. The van der Waals surface area contributed by atoms with Crippen LogP contribution in [-0.4, -0.2) is 14.7 Å². The number of non-ortho nitro benzene ring substituents is 1. The summed E-state index contributed by atoms with van der Waals surface area (Å²) in [5.41, 5.74) is 2.55. The number of nitrogens with zero attached hydrogens (tertiary/aromatic N) is 3. The molecule has 1 N–H and O–H groups in total. The van der Waals surface area contributed by atoms with E-state index in [1.165, 1.54) is 12.1 Å². The Labute approximate surface area is 140 Å². The van der Waals surface area contributed by atoms with Crippen molar-refractivity contribution in [2.75, 3.05) is 5.32 Å². The zero-order chi connectivity index (χ0) is 17.4. The molecular weight excluding hydrogens is 316 g/mol. The summed E-state index contributed by atoms with van der Waals surface area (Å²) in [6.07, 6.45) is 2.02. The average Bonchev–Trinajstić information content (AvgIpc) is 2.83. The number of nitro groups is 1. The SMILES string of the molecule is Cc1nn(C(C)(C)C)cc1C(C)Nc1ccc([N+](=O)[O-])cc1Cl. The van der Waals surface area contributed by atoms with Crippen molar-refractivity contribution in [3.8, 4) is 0 Å². The number of rotatable bonds is 4. The predicted molar refractivity (Wildman–Crippen MR) is 92.1 cm³/mol. The van der Waals surface area contributed by atoms with E-state index in [2.05, 4.69) is 31.2 Å². The number of hydrogen-bond acceptors (Lipinski definition) is 4. The lowest BCUT2D eigenvalue weighted by molar-refractivity contribution is -0.384. The van der Waals surface area contributed by atoms with Crippen molar-refractivity contribution in [3.63, 3.8) is 0 Å². The number of anilines is 1. The first-order valence-corrected chi connectivity index (χ1v) is 7.74. The summed E-state index contributed by atoms with van der Waals surface area (Å²) in [6.45, 7) is 10.2. The average molecular weight is 337 g/mol. The van der Waals surface area contributed by atoms with Gasteiger partial charge in [0.1, 0.15) is 0 Å². The fourth-order valence-electron chi connectivity index (χ4n) is 2.29. The Bertz CT molecular complexity index is 734. The third kappa shape index (κ3) is 3.82. The van der Waals surface area contributed by atoms with Crippen LogP contribution in [0.15, 0.2) is 24.4 Å². The lowest BCUT2D eigenvalue weighted by Gasteiger charge is -2.19. The fraction of sp³-hybridized carbons (Fsp3) is 0.438. The van der Waals surface area contributed by atoms with Gasteiger partial charge in [0.2, 0.25) is 0 Å². The molecule has 0 aliphatic carbocycles. The molecule has 6 nitrogen and oxygen atoms in total. The number of nitro benzene ring substituents is 1. The van der Waals surface area contributed by atoms with Crippen LogP contribution in [-0.2, 0) is 5.54 Å². The van der Waals surface area contributed by atoms with Crippen molar-refractivity contribution < 1.29 is 4.92 Å². The molecule has 2 rings (SSSR count). The highest BCUT2D eigenvalue weighted by atomic mass is 35.5. The number of halogens is 1. The van der Waals surface area contributed by atoms with Crippen molar-refractivity contribution in [2.45, 2.75) is 46.2 Å². The van der Waals surface area contributed by atoms with Crippen LogP contribution in [0.5, 0.6) is 0 Å². The molecular formula is C16H21ClN4O2. The molecule has 1 aromatic heterocycles. The predicted octanol–water partition coefficient (Wildman–Crippen LogP) is 4.68. The second-order valence-electron chi connectivity index (χ2n) is 6.57. The van der Waals surface area contributed by atoms with Gasteiger partial charge >= 0.3 is 0 Å². The van der Waals surface area contributed by atoms with Gasteiger partial charge in [-0.1, -0.05) is 11.6 Å². The Morgan fingerprint density at radius 1 is 1.39 bits per heavy atom. The minimum absolute atomic E-state index is 0.0231. The molecule has 0 spiro atoms. The number of hydrogen-bond donors (Lipinski definition) is 1. The highest BCUT2D eigenvalue weighted by Crippen LogP contribution is 2.30. The molecule has 0 saturated heterocycles. The quantitative estimate of drug-likeness (QED) is 0.649. The molecule has 0 saturated carbocycles. The molecule has 0 fully saturated rings. The molecule has 7 heteroatoms. The monoisotopic (exact) mass is 336 g/mol. The van der Waals surface area contributed by atoms with Crippen LogP contribution in [0.1, 0.15) is 45.0 Å². The molecule has 0 aliphatic rings. The maximum atomic E-state index is 10.8. The summed E-state index contributed by atoms with van der Waals surface area (Å²) < 4.78 is 1.94. The second kappa shape index (κ2) is 6.20. The normalized spacial score (nSPS) is 13.0. The molecule has 1 unspecified atom stereocenters. The Balaban J connectivity index is 2.24. The summed E-state index contributed by atoms with van der Waals surface area (Å²) in [5, 5.41) is 18.9. The van der Waals surface area contributed by atoms with E-state index in [4.69, 9.17) is 11.6 Å². The van der Waals surface area contributed by atoms with Crippen molar-refractivity contribution in [2.24, 2.45) is 0 Å². The van der Waals surface area contributed by atoms with Crippen LogP contribution in [0.25, 0.3) is 0 Å². The number of aromatic nitrogens is 2. The maximum Gasteiger partial charge on any atom is 0.271 e. The largest absolute Gasteiger partial charge is 0.377 e. The highest BCUT2D eigenvalue weighted by Gasteiger charge is 2.20. The summed E-state index contributed by atoms with van der Waals surface area (Å²) in [6, 6.07) is 4.39. The third-order valence-electron chi connectivity index (χ3n) is 3.63. The molecule has 1 atom stereocenters. The van der Waals surface area contributed by atoms with Gasteiger partial charge in [0.15, 0.2) is 0 Å². The van der Waals surface area contributed by atoms with Gasteiger partial charge in [-0.25, -0.2) is 0 Å². The van der Waals surface area contributed by atoms with Crippen molar-refractivity contribution >= 4 is 23.0 Å². The number of benzene rings is 1. The summed E-state index contributed by atoms with van der Waals surface area (Å²) in [4.78, 5) is 10.3. The van der Waals surface area contributed by atoms with Gasteiger partial charge in [-0.2, -0.15) is 5.10 Å². The molecule has 2 aromatic rings. The summed E-state index contributed by atoms with van der Waals surface area (Å²) in [7, 11) is 0. The zero-order valence-corrected chi connectivity index (χ0v) is 14.7. The van der Waals surface area contributed by atoms with E-state index in [1.807, 2.05) is 24.7 Å². The van der Waals surface area contributed by atoms with Gasteiger partial charge in [-0.3, -0.25) is 14.8 Å². The number of nitrogens with one attached hydrogen (secondary N) is 1. The van der Waals surface area contributed by atoms with E-state index in [-0.39, 0.29) is 17.3 Å². The molecule has 124 valence electrons. The Morgan fingerprint density at radius 2 is 2.04 bits per heavy atom. The van der Waals surface area contributed by atoms with Crippen LogP contribution >= 0.6 is 11.6 Å². The standard InChI is InChI=1S/C16H21ClN4O2/c1-10(13-9-20(16(3,4)5)19-11(13)2)18-15-7-6-12(21(22)23)8-14(15)17/h6-10,18H,1-5H3. The molecule has 23 heavy (non-hydrogen) atoms. The van der Waals surface area contributed by atoms with Crippen LogP contribution < -0.4 is 5.32 Å². The molecule has 0 bridgehead atoms. The number of aryl methyl sites for hydroxylation is 1. The lowest BCUT2D eigenvalue weighted by Crippen LogP contribution is -2.22. The fourth-order valence-corrected chi connectivity index (χ4v) is 2.52. The summed E-state index contributed by atoms with van der Waals surface area (Å²) >= 11 is 6.13. The minimum atomic E-state index is -0.462. The molecule has 0 aliphatic heterocycles. The molecule has 1 aromatic carbocycles. The Kier molecular flexibility index (Phi) is 4.66. The first-order chi connectivity index (χ1) is 10.6. The van der Waals surface area contributed by atoms with Gasteiger partial charge in [0.25, 0.3) is 5.69 Å². The molecule has 0 amide bonds. The van der Waals surface area contributed by atoms with Gasteiger partial charge < -0.3 is 5.32 Å². The van der Waals surface area contributed by atoms with Crippen LogP contribution in [0.2, 0.25) is 5.02 Å². The van der Waals surface area contributed by atoms with Crippen molar-refractivity contribution in [1.82, 2.24) is 9.78 Å². The summed E-state index contributed by atoms with van der Waals surface area (Å²) in [5.74, 6) is 0.